The van der Waals surface area contributed by atoms with E-state index in [1.54, 1.807) is 0 Å². The summed E-state index contributed by atoms with van der Waals surface area (Å²) in [4.78, 5) is 3.51. The number of rotatable bonds is 4. The fourth-order valence-corrected chi connectivity index (χ4v) is 3.66. The zero-order valence-electron chi connectivity index (χ0n) is 10.1. The lowest BCUT2D eigenvalue weighted by Crippen LogP contribution is -2.30. The van der Waals surface area contributed by atoms with E-state index >= 15 is 0 Å². The Morgan fingerprint density at radius 1 is 1.56 bits per heavy atom. The first-order chi connectivity index (χ1) is 8.54. The molecule has 0 spiro atoms. The van der Waals surface area contributed by atoms with Crippen molar-refractivity contribution >= 4 is 10.0 Å². The fraction of sp³-hybridized carbons (Fsp3) is 0.545. The van der Waals surface area contributed by atoms with Crippen LogP contribution in [0, 0.1) is 11.7 Å². The summed E-state index contributed by atoms with van der Waals surface area (Å²) < 4.78 is 38.9. The molecular formula is C11H16FN3O2S. The molecule has 100 valence electrons. The van der Waals surface area contributed by atoms with Crippen molar-refractivity contribution in [1.29, 1.82) is 0 Å². The van der Waals surface area contributed by atoms with Crippen molar-refractivity contribution in [2.45, 2.75) is 11.3 Å². The SMILES string of the molecule is CNC[C@@H]1CCN(S(=O)(=O)c2cncc(F)c2)C1. The molecule has 5 nitrogen and oxygen atoms in total. The van der Waals surface area contributed by atoms with Crippen LogP contribution in [-0.4, -0.2) is 44.4 Å². The number of sulfonamides is 1. The van der Waals surface area contributed by atoms with Gasteiger partial charge in [-0.25, -0.2) is 12.8 Å². The Balaban J connectivity index is 2.18. The van der Waals surface area contributed by atoms with Gasteiger partial charge in [-0.05, 0) is 32.0 Å². The van der Waals surface area contributed by atoms with E-state index in [0.29, 0.717) is 19.0 Å². The van der Waals surface area contributed by atoms with Crippen LogP contribution < -0.4 is 5.32 Å². The molecule has 2 heterocycles. The Morgan fingerprint density at radius 3 is 3.00 bits per heavy atom. The van der Waals surface area contributed by atoms with Gasteiger partial charge in [0, 0.05) is 19.3 Å². The molecule has 1 N–H and O–H groups in total. The maximum atomic E-state index is 13.0. The van der Waals surface area contributed by atoms with E-state index in [2.05, 4.69) is 10.3 Å². The predicted octanol–water partition coefficient (Wildman–Crippen LogP) is 0.451. The Bertz CT molecular complexity index is 521. The first kappa shape index (κ1) is 13.4. The highest BCUT2D eigenvalue weighted by Gasteiger charge is 2.32. The zero-order chi connectivity index (χ0) is 13.2. The highest BCUT2D eigenvalue weighted by Crippen LogP contribution is 2.23. The van der Waals surface area contributed by atoms with Crippen molar-refractivity contribution in [3.05, 3.63) is 24.3 Å². The lowest BCUT2D eigenvalue weighted by Gasteiger charge is -2.16. The average molecular weight is 273 g/mol. The van der Waals surface area contributed by atoms with E-state index in [4.69, 9.17) is 0 Å². The Hall–Kier alpha value is -1.05. The van der Waals surface area contributed by atoms with Crippen LogP contribution in [0.3, 0.4) is 0 Å². The molecule has 18 heavy (non-hydrogen) atoms. The summed E-state index contributed by atoms with van der Waals surface area (Å²) in [6.07, 6.45) is 3.00. The molecule has 1 atom stereocenters. The largest absolute Gasteiger partial charge is 0.319 e. The maximum absolute atomic E-state index is 13.0. The van der Waals surface area contributed by atoms with Gasteiger partial charge >= 0.3 is 0 Å². The number of hydrogen-bond donors (Lipinski definition) is 1. The van der Waals surface area contributed by atoms with Gasteiger partial charge in [0.05, 0.1) is 6.20 Å². The van der Waals surface area contributed by atoms with Gasteiger partial charge in [0.15, 0.2) is 0 Å². The highest BCUT2D eigenvalue weighted by atomic mass is 32.2. The third-order valence-corrected chi connectivity index (χ3v) is 4.89. The molecule has 0 aliphatic carbocycles. The van der Waals surface area contributed by atoms with Crippen molar-refractivity contribution in [3.8, 4) is 0 Å². The third-order valence-electron chi connectivity index (χ3n) is 3.06. The molecule has 2 rings (SSSR count). The molecule has 0 unspecified atom stereocenters. The molecule has 1 aromatic rings. The molecule has 1 fully saturated rings. The molecule has 0 amide bonds. The molecule has 0 aromatic carbocycles. The standard InChI is InChI=1S/C11H16FN3O2S/c1-13-5-9-2-3-15(8-9)18(16,17)11-4-10(12)6-14-7-11/h4,6-7,9,13H,2-3,5,8H2,1H3/t9-/m0/s1. The summed E-state index contributed by atoms with van der Waals surface area (Å²) in [5.41, 5.74) is 0. The van der Waals surface area contributed by atoms with E-state index in [1.807, 2.05) is 7.05 Å². The zero-order valence-corrected chi connectivity index (χ0v) is 11.0. The number of nitrogens with one attached hydrogen (secondary N) is 1. The summed E-state index contributed by atoms with van der Waals surface area (Å²) in [6.45, 7) is 1.73. The van der Waals surface area contributed by atoms with Gasteiger partial charge in [-0.3, -0.25) is 4.98 Å². The third kappa shape index (κ3) is 2.68. The average Bonchev–Trinajstić information content (AvgIpc) is 2.79. The summed E-state index contributed by atoms with van der Waals surface area (Å²) in [5.74, 6) is -0.326. The van der Waals surface area contributed by atoms with Gasteiger partial charge in [-0.1, -0.05) is 0 Å². The van der Waals surface area contributed by atoms with Crippen LogP contribution >= 0.6 is 0 Å². The normalized spacial score (nSPS) is 21.3. The number of hydrogen-bond acceptors (Lipinski definition) is 4. The summed E-state index contributed by atoms with van der Waals surface area (Å²) in [7, 11) is -1.77. The quantitative estimate of drug-likeness (QED) is 0.865. The molecule has 1 aromatic heterocycles. The van der Waals surface area contributed by atoms with Crippen LogP contribution in [-0.2, 0) is 10.0 Å². The summed E-state index contributed by atoms with van der Waals surface area (Å²) in [5, 5.41) is 3.04. The van der Waals surface area contributed by atoms with Crippen LogP contribution in [0.15, 0.2) is 23.4 Å². The minimum atomic E-state index is -3.61. The predicted molar refractivity (Wildman–Crippen MR) is 65.0 cm³/mol. The van der Waals surface area contributed by atoms with Gasteiger partial charge < -0.3 is 5.32 Å². The summed E-state index contributed by atoms with van der Waals surface area (Å²) in [6, 6.07) is 1.01. The van der Waals surface area contributed by atoms with Crippen molar-refractivity contribution in [3.63, 3.8) is 0 Å². The lowest BCUT2D eigenvalue weighted by atomic mass is 10.1. The van der Waals surface area contributed by atoms with Crippen LogP contribution in [0.25, 0.3) is 0 Å². The molecule has 0 radical (unpaired) electrons. The van der Waals surface area contributed by atoms with Crippen molar-refractivity contribution in [2.24, 2.45) is 5.92 Å². The molecule has 7 heteroatoms. The number of pyridine rings is 1. The van der Waals surface area contributed by atoms with Crippen LogP contribution in [0.5, 0.6) is 0 Å². The highest BCUT2D eigenvalue weighted by molar-refractivity contribution is 7.89. The summed E-state index contributed by atoms with van der Waals surface area (Å²) >= 11 is 0. The van der Waals surface area contributed by atoms with Gasteiger partial charge in [-0.15, -0.1) is 0 Å². The topological polar surface area (TPSA) is 62.3 Å². The van der Waals surface area contributed by atoms with Crippen LogP contribution in [0.1, 0.15) is 6.42 Å². The number of aromatic nitrogens is 1. The first-order valence-electron chi connectivity index (χ1n) is 5.79. The van der Waals surface area contributed by atoms with Crippen LogP contribution in [0.4, 0.5) is 4.39 Å². The van der Waals surface area contributed by atoms with Crippen molar-refractivity contribution < 1.29 is 12.8 Å². The van der Waals surface area contributed by atoms with Gasteiger partial charge in [0.2, 0.25) is 10.0 Å². The van der Waals surface area contributed by atoms with E-state index in [1.165, 1.54) is 10.5 Å². The number of halogens is 1. The van der Waals surface area contributed by atoms with E-state index < -0.39 is 15.8 Å². The van der Waals surface area contributed by atoms with Gasteiger partial charge in [0.1, 0.15) is 10.7 Å². The van der Waals surface area contributed by atoms with E-state index in [9.17, 15) is 12.8 Å². The Kier molecular flexibility index (Phi) is 3.94. The second-order valence-corrected chi connectivity index (χ2v) is 6.35. The number of nitrogens with zero attached hydrogens (tertiary/aromatic N) is 2. The second-order valence-electron chi connectivity index (χ2n) is 4.41. The molecule has 1 aliphatic heterocycles. The smallest absolute Gasteiger partial charge is 0.244 e. The minimum absolute atomic E-state index is 0.0763. The van der Waals surface area contributed by atoms with Gasteiger partial charge in [-0.2, -0.15) is 4.31 Å². The molecule has 1 aliphatic rings. The maximum Gasteiger partial charge on any atom is 0.244 e. The Labute approximate surface area is 106 Å². The van der Waals surface area contributed by atoms with Gasteiger partial charge in [0.25, 0.3) is 0 Å². The minimum Gasteiger partial charge on any atom is -0.319 e. The van der Waals surface area contributed by atoms with Crippen LogP contribution in [0.2, 0.25) is 0 Å². The molecule has 0 bridgehead atoms. The Morgan fingerprint density at radius 2 is 2.33 bits per heavy atom. The second kappa shape index (κ2) is 5.29. The molecule has 1 saturated heterocycles. The first-order valence-corrected chi connectivity index (χ1v) is 7.23. The van der Waals surface area contributed by atoms with Crippen molar-refractivity contribution in [2.75, 3.05) is 26.7 Å². The van der Waals surface area contributed by atoms with E-state index in [-0.39, 0.29) is 4.90 Å². The van der Waals surface area contributed by atoms with Crippen molar-refractivity contribution in [1.82, 2.24) is 14.6 Å². The lowest BCUT2D eigenvalue weighted by molar-refractivity contribution is 0.450. The van der Waals surface area contributed by atoms with E-state index in [0.717, 1.165) is 25.2 Å². The monoisotopic (exact) mass is 273 g/mol. The molecular weight excluding hydrogens is 257 g/mol. The molecule has 0 saturated carbocycles. The fourth-order valence-electron chi connectivity index (χ4n) is 2.15.